The molecule has 1 aromatic heterocycles. The van der Waals surface area contributed by atoms with Crippen molar-refractivity contribution in [2.24, 2.45) is 0 Å². The summed E-state index contributed by atoms with van der Waals surface area (Å²) in [5.41, 5.74) is 1.36. The van der Waals surface area contributed by atoms with Crippen LogP contribution in [0.25, 0.3) is 0 Å². The molecule has 100 valence electrons. The van der Waals surface area contributed by atoms with Gasteiger partial charge in [-0.3, -0.25) is 0 Å². The van der Waals surface area contributed by atoms with Gasteiger partial charge in [0.15, 0.2) is 5.13 Å². The van der Waals surface area contributed by atoms with Crippen molar-refractivity contribution in [1.82, 2.24) is 4.98 Å². The smallest absolute Gasteiger partial charge is 0.350 e. The Labute approximate surface area is 127 Å². The standard InChI is InChI=1S/C12H10BrClN2O2S/c1-6-10(11(17)18-2)19-12(15-6)16-9-4-3-7(13)5-8(9)14/h3-5H,1-2H3,(H,15,16). The molecule has 0 aliphatic carbocycles. The Bertz CT molecular complexity index is 630. The number of methoxy groups -OCH3 is 1. The van der Waals surface area contributed by atoms with Crippen molar-refractivity contribution in [2.75, 3.05) is 12.4 Å². The van der Waals surface area contributed by atoms with Crippen LogP contribution in [0.1, 0.15) is 15.4 Å². The van der Waals surface area contributed by atoms with Gasteiger partial charge in [0.25, 0.3) is 0 Å². The van der Waals surface area contributed by atoms with E-state index in [9.17, 15) is 4.79 Å². The van der Waals surface area contributed by atoms with Gasteiger partial charge in [-0.2, -0.15) is 0 Å². The maximum Gasteiger partial charge on any atom is 0.350 e. The number of hydrogen-bond donors (Lipinski definition) is 1. The van der Waals surface area contributed by atoms with E-state index in [1.165, 1.54) is 18.4 Å². The highest BCUT2D eigenvalue weighted by Gasteiger charge is 2.16. The first-order valence-corrected chi connectivity index (χ1v) is 7.28. The number of hydrogen-bond acceptors (Lipinski definition) is 5. The summed E-state index contributed by atoms with van der Waals surface area (Å²) in [6, 6.07) is 5.49. The maximum atomic E-state index is 11.5. The number of anilines is 2. The third-order valence-corrected chi connectivity index (χ3v) is 4.20. The Morgan fingerprint density at radius 2 is 2.26 bits per heavy atom. The number of nitrogens with one attached hydrogen (secondary N) is 1. The molecule has 1 heterocycles. The second-order valence-electron chi connectivity index (χ2n) is 3.67. The molecule has 1 N–H and O–H groups in total. The summed E-state index contributed by atoms with van der Waals surface area (Å²) in [4.78, 5) is 16.3. The zero-order valence-corrected chi connectivity index (χ0v) is 13.3. The Morgan fingerprint density at radius 3 is 2.89 bits per heavy atom. The van der Waals surface area contributed by atoms with Crippen LogP contribution in [0.4, 0.5) is 10.8 Å². The van der Waals surface area contributed by atoms with E-state index >= 15 is 0 Å². The minimum absolute atomic E-state index is 0.384. The van der Waals surface area contributed by atoms with Crippen molar-refractivity contribution >= 4 is 55.7 Å². The van der Waals surface area contributed by atoms with Gasteiger partial charge in [0.1, 0.15) is 4.88 Å². The van der Waals surface area contributed by atoms with Crippen LogP contribution in [-0.2, 0) is 4.74 Å². The predicted octanol–water partition coefficient (Wildman–Crippen LogP) is 4.40. The molecule has 19 heavy (non-hydrogen) atoms. The van der Waals surface area contributed by atoms with E-state index in [-0.39, 0.29) is 5.97 Å². The van der Waals surface area contributed by atoms with Crippen LogP contribution in [-0.4, -0.2) is 18.1 Å². The predicted molar refractivity (Wildman–Crippen MR) is 80.6 cm³/mol. The molecule has 0 bridgehead atoms. The number of benzene rings is 1. The van der Waals surface area contributed by atoms with E-state index in [0.717, 1.165) is 10.2 Å². The number of esters is 1. The van der Waals surface area contributed by atoms with Crippen molar-refractivity contribution in [2.45, 2.75) is 6.92 Å². The summed E-state index contributed by atoms with van der Waals surface area (Å²) in [6.07, 6.45) is 0. The van der Waals surface area contributed by atoms with Gasteiger partial charge < -0.3 is 10.1 Å². The third kappa shape index (κ3) is 3.26. The quantitative estimate of drug-likeness (QED) is 0.823. The molecule has 0 radical (unpaired) electrons. The van der Waals surface area contributed by atoms with Gasteiger partial charge in [0.05, 0.1) is 23.5 Å². The molecular weight excluding hydrogens is 352 g/mol. The first-order chi connectivity index (χ1) is 9.01. The van der Waals surface area contributed by atoms with E-state index in [4.69, 9.17) is 16.3 Å². The summed E-state index contributed by atoms with van der Waals surface area (Å²) in [5, 5.41) is 4.26. The van der Waals surface area contributed by atoms with Gasteiger partial charge in [-0.1, -0.05) is 38.9 Å². The summed E-state index contributed by atoms with van der Waals surface area (Å²) in [6.45, 7) is 1.76. The average molecular weight is 362 g/mol. The first kappa shape index (κ1) is 14.3. The van der Waals surface area contributed by atoms with E-state index in [1.807, 2.05) is 12.1 Å². The van der Waals surface area contributed by atoms with Gasteiger partial charge in [-0.25, -0.2) is 9.78 Å². The van der Waals surface area contributed by atoms with E-state index < -0.39 is 0 Å². The molecule has 2 aromatic rings. The molecule has 0 unspecified atom stereocenters. The third-order valence-electron chi connectivity index (χ3n) is 2.34. The fourth-order valence-corrected chi connectivity index (χ4v) is 3.06. The molecule has 7 heteroatoms. The molecule has 1 aromatic carbocycles. The van der Waals surface area contributed by atoms with Crippen molar-refractivity contribution in [3.05, 3.63) is 38.3 Å². The van der Waals surface area contributed by atoms with Gasteiger partial charge in [-0.15, -0.1) is 0 Å². The van der Waals surface area contributed by atoms with E-state index in [0.29, 0.717) is 20.7 Å². The number of halogens is 2. The normalized spacial score (nSPS) is 10.3. The topological polar surface area (TPSA) is 51.2 Å². The second kappa shape index (κ2) is 5.90. The fourth-order valence-electron chi connectivity index (χ4n) is 1.44. The number of thiazole rings is 1. The highest BCUT2D eigenvalue weighted by Crippen LogP contribution is 2.31. The molecule has 0 amide bonds. The number of nitrogens with zero attached hydrogens (tertiary/aromatic N) is 1. The van der Waals surface area contributed by atoms with Crippen LogP contribution in [0.2, 0.25) is 5.02 Å². The molecule has 0 saturated carbocycles. The number of ether oxygens (including phenoxy) is 1. The molecule has 0 aliphatic rings. The van der Waals surface area contributed by atoms with Crippen LogP contribution >= 0.6 is 38.9 Å². The largest absolute Gasteiger partial charge is 0.465 e. The van der Waals surface area contributed by atoms with Gasteiger partial charge in [-0.05, 0) is 25.1 Å². The lowest BCUT2D eigenvalue weighted by atomic mass is 10.3. The zero-order valence-electron chi connectivity index (χ0n) is 10.2. The lowest BCUT2D eigenvalue weighted by Crippen LogP contribution is -1.99. The van der Waals surface area contributed by atoms with Crippen molar-refractivity contribution in [3.8, 4) is 0 Å². The average Bonchev–Trinajstić information content (AvgIpc) is 2.73. The van der Waals surface area contributed by atoms with Crippen LogP contribution in [0.5, 0.6) is 0 Å². The monoisotopic (exact) mass is 360 g/mol. The molecule has 0 aliphatic heterocycles. The minimum Gasteiger partial charge on any atom is -0.465 e. The van der Waals surface area contributed by atoms with Crippen molar-refractivity contribution in [1.29, 1.82) is 0 Å². The maximum absolute atomic E-state index is 11.5. The van der Waals surface area contributed by atoms with Crippen LogP contribution < -0.4 is 5.32 Å². The Balaban J connectivity index is 2.26. The number of aromatic nitrogens is 1. The molecule has 0 spiro atoms. The second-order valence-corrected chi connectivity index (χ2v) is 6.00. The molecule has 0 fully saturated rings. The fraction of sp³-hybridized carbons (Fsp3) is 0.167. The highest BCUT2D eigenvalue weighted by atomic mass is 79.9. The van der Waals surface area contributed by atoms with Crippen LogP contribution in [0.15, 0.2) is 22.7 Å². The SMILES string of the molecule is COC(=O)c1sc(Nc2ccc(Br)cc2Cl)nc1C. The van der Waals surface area contributed by atoms with Crippen LogP contribution in [0.3, 0.4) is 0 Å². The number of carbonyl (C=O) groups excluding carboxylic acids is 1. The van der Waals surface area contributed by atoms with Gasteiger partial charge in [0.2, 0.25) is 0 Å². The summed E-state index contributed by atoms with van der Waals surface area (Å²) >= 11 is 10.7. The van der Waals surface area contributed by atoms with Crippen molar-refractivity contribution in [3.63, 3.8) is 0 Å². The molecular formula is C12H10BrClN2O2S. The number of carbonyl (C=O) groups is 1. The Kier molecular flexibility index (Phi) is 4.44. The summed E-state index contributed by atoms with van der Waals surface area (Å²) in [5.74, 6) is -0.384. The molecule has 0 atom stereocenters. The number of aryl methyl sites for hydroxylation is 1. The van der Waals surface area contributed by atoms with Gasteiger partial charge >= 0.3 is 5.97 Å². The van der Waals surface area contributed by atoms with E-state index in [2.05, 4.69) is 26.2 Å². The first-order valence-electron chi connectivity index (χ1n) is 5.29. The lowest BCUT2D eigenvalue weighted by molar-refractivity contribution is 0.0605. The summed E-state index contributed by atoms with van der Waals surface area (Å²) in [7, 11) is 1.35. The minimum atomic E-state index is -0.384. The van der Waals surface area contributed by atoms with Crippen molar-refractivity contribution < 1.29 is 9.53 Å². The summed E-state index contributed by atoms with van der Waals surface area (Å²) < 4.78 is 5.59. The molecule has 2 rings (SSSR count). The lowest BCUT2D eigenvalue weighted by Gasteiger charge is -2.05. The molecule has 0 saturated heterocycles. The highest BCUT2D eigenvalue weighted by molar-refractivity contribution is 9.10. The zero-order chi connectivity index (χ0) is 14.0. The van der Waals surface area contributed by atoms with Crippen LogP contribution in [0, 0.1) is 6.92 Å². The number of rotatable bonds is 3. The molecule has 4 nitrogen and oxygen atoms in total. The van der Waals surface area contributed by atoms with E-state index in [1.54, 1.807) is 13.0 Å². The van der Waals surface area contributed by atoms with Gasteiger partial charge in [0, 0.05) is 4.47 Å². The Morgan fingerprint density at radius 1 is 1.53 bits per heavy atom. The Hall–Kier alpha value is -1.11.